The van der Waals surface area contributed by atoms with E-state index >= 15 is 0 Å². The Labute approximate surface area is 110 Å². The number of rotatable bonds is 9. The van der Waals surface area contributed by atoms with E-state index in [9.17, 15) is 9.59 Å². The van der Waals surface area contributed by atoms with Gasteiger partial charge in [0.25, 0.3) is 0 Å². The van der Waals surface area contributed by atoms with Crippen LogP contribution >= 0.6 is 0 Å². The van der Waals surface area contributed by atoms with Gasteiger partial charge in [0.1, 0.15) is 6.54 Å². The van der Waals surface area contributed by atoms with Crippen molar-refractivity contribution >= 4 is 11.9 Å². The number of nitrogens with one attached hydrogen (secondary N) is 1. The van der Waals surface area contributed by atoms with Gasteiger partial charge in [-0.05, 0) is 25.8 Å². The van der Waals surface area contributed by atoms with Crippen molar-refractivity contribution in [2.75, 3.05) is 32.8 Å². The maximum absolute atomic E-state index is 11.9. The molecule has 5 heteroatoms. The van der Waals surface area contributed by atoms with E-state index in [4.69, 9.17) is 4.74 Å². The Morgan fingerprint density at radius 3 is 2.44 bits per heavy atom. The Morgan fingerprint density at radius 2 is 1.94 bits per heavy atom. The summed E-state index contributed by atoms with van der Waals surface area (Å²) >= 11 is 0. The molecule has 1 N–H and O–H groups in total. The van der Waals surface area contributed by atoms with Crippen LogP contribution in [0.1, 0.15) is 34.1 Å². The van der Waals surface area contributed by atoms with E-state index in [2.05, 4.69) is 5.32 Å². The summed E-state index contributed by atoms with van der Waals surface area (Å²) in [6.07, 6.45) is 0.981. The molecule has 0 saturated carbocycles. The van der Waals surface area contributed by atoms with E-state index in [1.165, 1.54) is 0 Å². The first-order valence-corrected chi connectivity index (χ1v) is 6.65. The Balaban J connectivity index is 4.28. The van der Waals surface area contributed by atoms with Crippen molar-refractivity contribution < 1.29 is 14.3 Å². The molecule has 0 saturated heterocycles. The van der Waals surface area contributed by atoms with Gasteiger partial charge in [-0.1, -0.05) is 20.8 Å². The molecule has 0 aromatic carbocycles. The molecule has 1 amide bonds. The fourth-order valence-corrected chi connectivity index (χ4v) is 1.54. The number of carbonyl (C=O) groups is 2. The zero-order valence-electron chi connectivity index (χ0n) is 12.0. The van der Waals surface area contributed by atoms with E-state index in [-0.39, 0.29) is 25.0 Å². The van der Waals surface area contributed by atoms with E-state index in [1.54, 1.807) is 11.8 Å². The van der Waals surface area contributed by atoms with Gasteiger partial charge in [-0.3, -0.25) is 9.59 Å². The molecular weight excluding hydrogens is 232 g/mol. The molecule has 106 valence electrons. The van der Waals surface area contributed by atoms with Crippen LogP contribution in [0.3, 0.4) is 0 Å². The van der Waals surface area contributed by atoms with Crippen LogP contribution in [0.4, 0.5) is 0 Å². The molecule has 0 radical (unpaired) electrons. The molecule has 0 rings (SSSR count). The number of carbonyl (C=O) groups excluding carboxylic acids is 2. The second kappa shape index (κ2) is 9.88. The number of nitrogens with zero attached hydrogens (tertiary/aromatic N) is 1. The minimum atomic E-state index is -0.345. The van der Waals surface area contributed by atoms with Crippen molar-refractivity contribution in [3.8, 4) is 0 Å². The van der Waals surface area contributed by atoms with Crippen molar-refractivity contribution in [2.45, 2.75) is 34.1 Å². The Morgan fingerprint density at radius 1 is 1.28 bits per heavy atom. The lowest BCUT2D eigenvalue weighted by molar-refractivity contribution is -0.149. The normalized spacial score (nSPS) is 10.5. The SMILES string of the molecule is CCCNCC(=O)N(CC(=O)OCC)CC(C)C. The highest BCUT2D eigenvalue weighted by Crippen LogP contribution is 2.00. The molecule has 0 aromatic heterocycles. The fraction of sp³-hybridized carbons (Fsp3) is 0.846. The molecule has 0 bridgehead atoms. The minimum Gasteiger partial charge on any atom is -0.465 e. The third-order valence-corrected chi connectivity index (χ3v) is 2.27. The Bertz CT molecular complexity index is 255. The van der Waals surface area contributed by atoms with E-state index < -0.39 is 0 Å². The number of esters is 1. The standard InChI is InChI=1S/C13H26N2O3/c1-5-7-14-8-12(16)15(9-11(3)4)10-13(17)18-6-2/h11,14H,5-10H2,1-4H3. The predicted molar refractivity (Wildman–Crippen MR) is 71.2 cm³/mol. The van der Waals surface area contributed by atoms with Crippen LogP contribution in [0, 0.1) is 5.92 Å². The first kappa shape index (κ1) is 16.9. The maximum atomic E-state index is 11.9. The molecule has 18 heavy (non-hydrogen) atoms. The third-order valence-electron chi connectivity index (χ3n) is 2.27. The number of amides is 1. The van der Waals surface area contributed by atoms with Crippen LogP contribution in [-0.2, 0) is 14.3 Å². The van der Waals surface area contributed by atoms with E-state index in [0.717, 1.165) is 13.0 Å². The van der Waals surface area contributed by atoms with Crippen LogP contribution in [0.25, 0.3) is 0 Å². The van der Waals surface area contributed by atoms with Crippen LogP contribution in [-0.4, -0.2) is 49.6 Å². The van der Waals surface area contributed by atoms with Crippen LogP contribution in [0.2, 0.25) is 0 Å². The highest BCUT2D eigenvalue weighted by Gasteiger charge is 2.18. The quantitative estimate of drug-likeness (QED) is 0.496. The third kappa shape index (κ3) is 8.06. The smallest absolute Gasteiger partial charge is 0.325 e. The summed E-state index contributed by atoms with van der Waals surface area (Å²) < 4.78 is 4.88. The highest BCUT2D eigenvalue weighted by molar-refractivity contribution is 5.83. The number of hydrogen-bond acceptors (Lipinski definition) is 4. The summed E-state index contributed by atoms with van der Waals surface area (Å²) in [6.45, 7) is 9.88. The topological polar surface area (TPSA) is 58.6 Å². The van der Waals surface area contributed by atoms with Gasteiger partial charge in [0.2, 0.25) is 5.91 Å². The number of hydrogen-bond donors (Lipinski definition) is 1. The van der Waals surface area contributed by atoms with Crippen LogP contribution in [0.15, 0.2) is 0 Å². The van der Waals surface area contributed by atoms with Gasteiger partial charge in [0.05, 0.1) is 13.2 Å². The highest BCUT2D eigenvalue weighted by atomic mass is 16.5. The second-order valence-corrected chi connectivity index (χ2v) is 4.65. The first-order valence-electron chi connectivity index (χ1n) is 6.65. The maximum Gasteiger partial charge on any atom is 0.325 e. The summed E-state index contributed by atoms with van der Waals surface area (Å²) in [7, 11) is 0. The number of ether oxygens (including phenoxy) is 1. The average molecular weight is 258 g/mol. The molecule has 0 fully saturated rings. The van der Waals surface area contributed by atoms with Gasteiger partial charge >= 0.3 is 5.97 Å². The van der Waals surface area contributed by atoms with Gasteiger partial charge in [-0.15, -0.1) is 0 Å². The van der Waals surface area contributed by atoms with Gasteiger partial charge in [0.15, 0.2) is 0 Å². The lowest BCUT2D eigenvalue weighted by Gasteiger charge is -2.23. The first-order chi connectivity index (χ1) is 8.51. The van der Waals surface area contributed by atoms with Crippen molar-refractivity contribution in [2.24, 2.45) is 5.92 Å². The van der Waals surface area contributed by atoms with Crippen molar-refractivity contribution in [3.05, 3.63) is 0 Å². The molecule has 0 heterocycles. The van der Waals surface area contributed by atoms with Crippen LogP contribution in [0.5, 0.6) is 0 Å². The monoisotopic (exact) mass is 258 g/mol. The average Bonchev–Trinajstić information content (AvgIpc) is 2.28. The summed E-state index contributed by atoms with van der Waals surface area (Å²) in [5.74, 6) is -0.0678. The van der Waals surface area contributed by atoms with Gasteiger partial charge in [-0.25, -0.2) is 0 Å². The summed E-state index contributed by atoms with van der Waals surface area (Å²) in [6, 6.07) is 0. The lowest BCUT2D eigenvalue weighted by atomic mass is 10.2. The molecule has 0 atom stereocenters. The van der Waals surface area contributed by atoms with Gasteiger partial charge in [0, 0.05) is 6.54 Å². The summed E-state index contributed by atoms with van der Waals surface area (Å²) in [5.41, 5.74) is 0. The second-order valence-electron chi connectivity index (χ2n) is 4.65. The summed E-state index contributed by atoms with van der Waals surface area (Å²) in [5, 5.41) is 3.05. The van der Waals surface area contributed by atoms with Crippen molar-refractivity contribution in [3.63, 3.8) is 0 Å². The summed E-state index contributed by atoms with van der Waals surface area (Å²) in [4.78, 5) is 24.9. The zero-order valence-corrected chi connectivity index (χ0v) is 12.0. The predicted octanol–water partition coefficient (Wildman–Crippen LogP) is 1.03. The van der Waals surface area contributed by atoms with E-state index in [1.807, 2.05) is 20.8 Å². The molecule has 0 aliphatic carbocycles. The lowest BCUT2D eigenvalue weighted by Crippen LogP contribution is -2.43. The fourth-order valence-electron chi connectivity index (χ4n) is 1.54. The molecule has 0 aromatic rings. The molecular formula is C13H26N2O3. The molecule has 0 aliphatic heterocycles. The van der Waals surface area contributed by atoms with Crippen molar-refractivity contribution in [1.82, 2.24) is 10.2 Å². The molecule has 5 nitrogen and oxygen atoms in total. The Hall–Kier alpha value is -1.10. The Kier molecular flexibility index (Phi) is 9.28. The molecule has 0 spiro atoms. The largest absolute Gasteiger partial charge is 0.465 e. The van der Waals surface area contributed by atoms with E-state index in [0.29, 0.717) is 19.1 Å². The van der Waals surface area contributed by atoms with Gasteiger partial charge in [-0.2, -0.15) is 0 Å². The van der Waals surface area contributed by atoms with Gasteiger partial charge < -0.3 is 15.0 Å². The molecule has 0 unspecified atom stereocenters. The van der Waals surface area contributed by atoms with Crippen LogP contribution < -0.4 is 5.32 Å². The molecule has 0 aliphatic rings. The minimum absolute atomic E-state index is 0.0403. The van der Waals surface area contributed by atoms with Crippen molar-refractivity contribution in [1.29, 1.82) is 0 Å². The zero-order chi connectivity index (χ0) is 14.0.